The van der Waals surface area contributed by atoms with Crippen molar-refractivity contribution in [3.8, 4) is 11.5 Å². The maximum Gasteiger partial charge on any atom is 0.264 e. The van der Waals surface area contributed by atoms with Crippen LogP contribution in [0.2, 0.25) is 0 Å². The Morgan fingerprint density at radius 2 is 1.58 bits per heavy atom. The van der Waals surface area contributed by atoms with E-state index in [9.17, 15) is 4.79 Å². The smallest absolute Gasteiger partial charge is 0.264 e. The number of aliphatic imine (C=N–C) groups is 1. The number of halogens is 1. The molecule has 3 aliphatic heterocycles. The highest BCUT2D eigenvalue weighted by atomic mass is 79.9. The fraction of sp³-hybridized carbons (Fsp3) is 0.243. The van der Waals surface area contributed by atoms with Crippen molar-refractivity contribution in [2.75, 3.05) is 31.7 Å². The fourth-order valence-corrected chi connectivity index (χ4v) is 8.18. The monoisotopic (exact) mass is 679 g/mol. The Kier molecular flexibility index (Phi) is 8.43. The Hall–Kier alpha value is -4.01. The minimum absolute atomic E-state index is 0.169. The van der Waals surface area contributed by atoms with Gasteiger partial charge < -0.3 is 19.7 Å². The number of ether oxygens (including phenoxy) is 2. The number of nitrogens with zero attached hydrogens (tertiary/aromatic N) is 2. The van der Waals surface area contributed by atoms with Crippen LogP contribution in [0, 0.1) is 0 Å². The Morgan fingerprint density at radius 3 is 2.16 bits per heavy atom. The number of anilines is 1. The largest absolute Gasteiger partial charge is 0.493 e. The summed E-state index contributed by atoms with van der Waals surface area (Å²) in [7, 11) is 1.61. The number of benzene rings is 4. The SMILES string of the molecule is CCOc1c(Br)cc(/C=C2\SC(=Nc3cc4c5c(c3)[C@H](c3ccccc3)CCN5CC[C@@H]4c3ccccc3)NC2=O)cc1OC. The van der Waals surface area contributed by atoms with E-state index in [2.05, 4.69) is 98.9 Å². The van der Waals surface area contributed by atoms with Crippen molar-refractivity contribution in [1.82, 2.24) is 5.32 Å². The second kappa shape index (κ2) is 12.8. The van der Waals surface area contributed by atoms with Crippen LogP contribution in [0.15, 0.2) is 99.3 Å². The normalized spacial score (nSPS) is 20.7. The number of hydrogen-bond donors (Lipinski definition) is 1. The van der Waals surface area contributed by atoms with Gasteiger partial charge in [0, 0.05) is 30.6 Å². The van der Waals surface area contributed by atoms with Gasteiger partial charge in [0.25, 0.3) is 5.91 Å². The van der Waals surface area contributed by atoms with E-state index >= 15 is 0 Å². The van der Waals surface area contributed by atoms with E-state index in [4.69, 9.17) is 14.5 Å². The molecule has 0 unspecified atom stereocenters. The Bertz CT molecular complexity index is 1740. The molecular formula is C37H34BrN3O3S. The second-order valence-electron chi connectivity index (χ2n) is 11.4. The number of hydrogen-bond acceptors (Lipinski definition) is 6. The van der Waals surface area contributed by atoms with Crippen molar-refractivity contribution in [3.05, 3.63) is 122 Å². The first kappa shape index (κ1) is 29.7. The number of carbonyl (C=O) groups is 1. The van der Waals surface area contributed by atoms with Gasteiger partial charge in [0.1, 0.15) is 0 Å². The highest BCUT2D eigenvalue weighted by molar-refractivity contribution is 9.10. The first-order valence-corrected chi connectivity index (χ1v) is 17.0. The lowest BCUT2D eigenvalue weighted by atomic mass is 9.76. The minimum atomic E-state index is -0.169. The van der Waals surface area contributed by atoms with Crippen molar-refractivity contribution in [2.24, 2.45) is 4.99 Å². The maximum atomic E-state index is 13.1. The Morgan fingerprint density at radius 1 is 0.956 bits per heavy atom. The van der Waals surface area contributed by atoms with Crippen LogP contribution in [0.3, 0.4) is 0 Å². The molecule has 0 spiro atoms. The molecular weight excluding hydrogens is 646 g/mol. The molecule has 0 aliphatic carbocycles. The lowest BCUT2D eigenvalue weighted by Crippen LogP contribution is -2.37. The van der Waals surface area contributed by atoms with Crippen molar-refractivity contribution < 1.29 is 14.3 Å². The molecule has 0 aromatic heterocycles. The third-order valence-electron chi connectivity index (χ3n) is 8.72. The number of rotatable bonds is 7. The summed E-state index contributed by atoms with van der Waals surface area (Å²) in [6.45, 7) is 4.54. The maximum absolute atomic E-state index is 13.1. The van der Waals surface area contributed by atoms with Crippen molar-refractivity contribution in [3.63, 3.8) is 0 Å². The standard InChI is InChI=1S/C37H34BrN3O3S/c1-3-44-35-31(38)18-23(19-32(35)43-2)20-33-36(42)40-37(45-33)39-26-21-29-27(24-10-6-4-7-11-24)14-16-41-17-15-28(30(22-26)34(29)41)25-12-8-5-9-13-25/h4-13,18-22,27-28H,3,14-17H2,1-2H3,(H,39,40,42)/b33-20-/t27-,28+. The minimum Gasteiger partial charge on any atom is -0.493 e. The van der Waals surface area contributed by atoms with E-state index in [0.717, 1.165) is 41.7 Å². The van der Waals surface area contributed by atoms with Crippen molar-refractivity contribution in [1.29, 1.82) is 0 Å². The average molecular weight is 681 g/mol. The second-order valence-corrected chi connectivity index (χ2v) is 13.3. The third-order valence-corrected chi connectivity index (χ3v) is 10.2. The summed E-state index contributed by atoms with van der Waals surface area (Å²) in [4.78, 5) is 21.3. The summed E-state index contributed by atoms with van der Waals surface area (Å²) in [6, 6.07) is 29.9. The van der Waals surface area contributed by atoms with Crippen LogP contribution in [0.1, 0.15) is 59.4 Å². The first-order valence-electron chi connectivity index (χ1n) is 15.3. The number of carbonyl (C=O) groups excluding carboxylic acids is 1. The van der Waals surface area contributed by atoms with Gasteiger partial charge in [-0.2, -0.15) is 0 Å². The predicted octanol–water partition coefficient (Wildman–Crippen LogP) is 8.63. The van der Waals surface area contributed by atoms with Crippen LogP contribution in [-0.4, -0.2) is 37.9 Å². The quantitative estimate of drug-likeness (QED) is 0.198. The molecule has 3 heterocycles. The van der Waals surface area contributed by atoms with Crippen LogP contribution in [0.25, 0.3) is 6.08 Å². The van der Waals surface area contributed by atoms with E-state index in [1.165, 1.54) is 39.7 Å². The van der Waals surface area contributed by atoms with Gasteiger partial charge in [-0.15, -0.1) is 0 Å². The zero-order chi connectivity index (χ0) is 30.9. The number of thioether (sulfide) groups is 1. The summed E-state index contributed by atoms with van der Waals surface area (Å²) in [5, 5.41) is 3.58. The first-order chi connectivity index (χ1) is 22.0. The molecule has 0 radical (unpaired) electrons. The highest BCUT2D eigenvalue weighted by Crippen LogP contribution is 2.50. The van der Waals surface area contributed by atoms with Gasteiger partial charge in [0.05, 0.1) is 28.8 Å². The molecule has 4 aromatic rings. The molecule has 2 atom stereocenters. The molecule has 1 saturated heterocycles. The lowest BCUT2D eigenvalue weighted by Gasteiger charge is -2.43. The molecule has 8 heteroatoms. The van der Waals surface area contributed by atoms with E-state index < -0.39 is 0 Å². The molecule has 1 amide bonds. The molecule has 228 valence electrons. The molecule has 0 saturated carbocycles. The molecule has 4 aromatic carbocycles. The summed E-state index contributed by atoms with van der Waals surface area (Å²) < 4.78 is 12.1. The van der Waals surface area contributed by atoms with E-state index in [1.807, 2.05) is 25.1 Å². The van der Waals surface area contributed by atoms with Crippen LogP contribution in [-0.2, 0) is 4.79 Å². The van der Waals surface area contributed by atoms with Gasteiger partial charge in [-0.05, 0) is 106 Å². The number of nitrogens with one attached hydrogen (secondary N) is 1. The summed E-state index contributed by atoms with van der Waals surface area (Å²) >= 11 is 4.94. The zero-order valence-corrected chi connectivity index (χ0v) is 27.7. The lowest BCUT2D eigenvalue weighted by molar-refractivity contribution is -0.115. The van der Waals surface area contributed by atoms with E-state index in [1.54, 1.807) is 7.11 Å². The van der Waals surface area contributed by atoms with Crippen LogP contribution in [0.4, 0.5) is 11.4 Å². The Labute approximate surface area is 276 Å². The number of amidine groups is 1. The van der Waals surface area contributed by atoms with Crippen LogP contribution < -0.4 is 19.7 Å². The summed E-state index contributed by atoms with van der Waals surface area (Å²) in [5.74, 6) is 1.66. The fourth-order valence-electron chi connectivity index (χ4n) is 6.76. The van der Waals surface area contributed by atoms with Crippen molar-refractivity contribution in [2.45, 2.75) is 31.6 Å². The molecule has 45 heavy (non-hydrogen) atoms. The Balaban J connectivity index is 1.28. The van der Waals surface area contributed by atoms with Gasteiger partial charge in [-0.3, -0.25) is 4.79 Å². The molecule has 0 bridgehead atoms. The summed E-state index contributed by atoms with van der Waals surface area (Å²) in [6.07, 6.45) is 3.98. The van der Waals surface area contributed by atoms with Crippen LogP contribution in [0.5, 0.6) is 11.5 Å². The molecule has 3 aliphatic rings. The molecule has 7 rings (SSSR count). The number of amides is 1. The topological polar surface area (TPSA) is 63.2 Å². The van der Waals surface area contributed by atoms with Gasteiger partial charge in [-0.25, -0.2) is 4.99 Å². The predicted molar refractivity (Wildman–Crippen MR) is 187 cm³/mol. The molecule has 1 N–H and O–H groups in total. The van der Waals surface area contributed by atoms with Crippen molar-refractivity contribution >= 4 is 56.2 Å². The van der Waals surface area contributed by atoms with Crippen LogP contribution >= 0.6 is 27.7 Å². The van der Waals surface area contributed by atoms with Gasteiger partial charge in [0.2, 0.25) is 0 Å². The third kappa shape index (κ3) is 5.89. The average Bonchev–Trinajstić information content (AvgIpc) is 3.40. The van der Waals surface area contributed by atoms with E-state index in [-0.39, 0.29) is 5.91 Å². The highest BCUT2D eigenvalue weighted by Gasteiger charge is 2.35. The molecule has 1 fully saturated rings. The van der Waals surface area contributed by atoms with Gasteiger partial charge in [0.15, 0.2) is 16.7 Å². The zero-order valence-electron chi connectivity index (χ0n) is 25.3. The summed E-state index contributed by atoms with van der Waals surface area (Å²) in [5.41, 5.74) is 8.36. The number of methoxy groups -OCH3 is 1. The molecule has 6 nitrogen and oxygen atoms in total. The van der Waals surface area contributed by atoms with Gasteiger partial charge >= 0.3 is 0 Å². The van der Waals surface area contributed by atoms with Gasteiger partial charge in [-0.1, -0.05) is 60.7 Å². The van der Waals surface area contributed by atoms with E-state index in [0.29, 0.717) is 40.0 Å².